The zero-order chi connectivity index (χ0) is 12.1. The Labute approximate surface area is 103 Å². The van der Waals surface area contributed by atoms with E-state index in [1.165, 1.54) is 0 Å². The molecule has 5 heteroatoms. The molecule has 0 aromatic carbocycles. The Morgan fingerprint density at radius 3 is 2.94 bits per heavy atom. The normalized spacial score (nSPS) is 19.4. The van der Waals surface area contributed by atoms with Crippen LogP contribution in [0, 0.1) is 6.92 Å². The number of morpholine rings is 1. The molecule has 1 aromatic rings. The number of H-pyrrole nitrogens is 1. The molecule has 0 radical (unpaired) electrons. The van der Waals surface area contributed by atoms with Gasteiger partial charge in [-0.3, -0.25) is 4.90 Å². The Bertz CT molecular complexity index is 333. The van der Waals surface area contributed by atoms with Crippen LogP contribution >= 0.6 is 0 Å². The van der Waals surface area contributed by atoms with E-state index in [0.29, 0.717) is 6.04 Å². The molecule has 2 rings (SSSR count). The van der Waals surface area contributed by atoms with Crippen LogP contribution in [0.3, 0.4) is 0 Å². The summed E-state index contributed by atoms with van der Waals surface area (Å²) in [5.74, 6) is 0.975. The second kappa shape index (κ2) is 6.14. The Balaban J connectivity index is 1.68. The van der Waals surface area contributed by atoms with E-state index < -0.39 is 0 Å². The van der Waals surface area contributed by atoms with Crippen molar-refractivity contribution in [3.8, 4) is 0 Å². The molecule has 96 valence electrons. The van der Waals surface area contributed by atoms with E-state index >= 15 is 0 Å². The van der Waals surface area contributed by atoms with Gasteiger partial charge in [-0.05, 0) is 13.8 Å². The molecule has 5 nitrogen and oxygen atoms in total. The van der Waals surface area contributed by atoms with Crippen LogP contribution in [0.25, 0.3) is 0 Å². The summed E-state index contributed by atoms with van der Waals surface area (Å²) in [6, 6.07) is 0.483. The maximum absolute atomic E-state index is 5.34. The summed E-state index contributed by atoms with van der Waals surface area (Å²) >= 11 is 0. The number of aromatic nitrogens is 2. The van der Waals surface area contributed by atoms with E-state index in [2.05, 4.69) is 27.1 Å². The first-order valence-electron chi connectivity index (χ1n) is 6.28. The molecule has 1 aliphatic heterocycles. The molecule has 0 saturated carbocycles. The van der Waals surface area contributed by atoms with Gasteiger partial charge in [-0.2, -0.15) is 0 Å². The van der Waals surface area contributed by atoms with Gasteiger partial charge in [0.2, 0.25) is 0 Å². The van der Waals surface area contributed by atoms with Crippen LogP contribution in [-0.2, 0) is 11.3 Å². The highest BCUT2D eigenvalue weighted by atomic mass is 16.5. The van der Waals surface area contributed by atoms with Crippen molar-refractivity contribution in [2.75, 3.05) is 32.8 Å². The van der Waals surface area contributed by atoms with Gasteiger partial charge in [-0.15, -0.1) is 0 Å². The lowest BCUT2D eigenvalue weighted by molar-refractivity contribution is 0.0343. The minimum absolute atomic E-state index is 0.483. The van der Waals surface area contributed by atoms with Crippen molar-refractivity contribution in [1.82, 2.24) is 20.2 Å². The minimum Gasteiger partial charge on any atom is -0.379 e. The zero-order valence-electron chi connectivity index (χ0n) is 10.7. The zero-order valence-corrected chi connectivity index (χ0v) is 10.7. The molecular weight excluding hydrogens is 216 g/mol. The monoisotopic (exact) mass is 238 g/mol. The number of nitrogens with one attached hydrogen (secondary N) is 2. The van der Waals surface area contributed by atoms with Gasteiger partial charge in [-0.25, -0.2) is 4.98 Å². The highest BCUT2D eigenvalue weighted by Crippen LogP contribution is 2.00. The van der Waals surface area contributed by atoms with E-state index in [4.69, 9.17) is 4.74 Å². The molecule has 2 heterocycles. The van der Waals surface area contributed by atoms with Gasteiger partial charge in [-0.1, -0.05) is 0 Å². The van der Waals surface area contributed by atoms with Crippen molar-refractivity contribution < 1.29 is 4.74 Å². The first kappa shape index (κ1) is 12.5. The molecule has 1 aromatic heterocycles. The van der Waals surface area contributed by atoms with Crippen molar-refractivity contribution >= 4 is 0 Å². The summed E-state index contributed by atoms with van der Waals surface area (Å²) in [5, 5.41) is 3.51. The fourth-order valence-corrected chi connectivity index (χ4v) is 2.08. The Morgan fingerprint density at radius 2 is 2.29 bits per heavy atom. The number of aryl methyl sites for hydroxylation is 1. The predicted octanol–water partition coefficient (Wildman–Crippen LogP) is 0.528. The molecule has 0 amide bonds. The highest BCUT2D eigenvalue weighted by molar-refractivity contribution is 4.99. The van der Waals surface area contributed by atoms with Crippen LogP contribution in [0.4, 0.5) is 0 Å². The van der Waals surface area contributed by atoms with Gasteiger partial charge in [0.25, 0.3) is 0 Å². The number of hydrogen-bond donors (Lipinski definition) is 2. The molecule has 0 spiro atoms. The molecule has 1 atom stereocenters. The van der Waals surface area contributed by atoms with Gasteiger partial charge >= 0.3 is 0 Å². The molecule has 1 aliphatic rings. The van der Waals surface area contributed by atoms with Crippen LogP contribution in [0.2, 0.25) is 0 Å². The van der Waals surface area contributed by atoms with E-state index in [1.54, 1.807) is 0 Å². The topological polar surface area (TPSA) is 53.2 Å². The van der Waals surface area contributed by atoms with E-state index in [0.717, 1.165) is 50.9 Å². The molecule has 0 bridgehead atoms. The summed E-state index contributed by atoms with van der Waals surface area (Å²) in [4.78, 5) is 9.86. The van der Waals surface area contributed by atoms with Crippen LogP contribution in [0.5, 0.6) is 0 Å². The lowest BCUT2D eigenvalue weighted by Gasteiger charge is -2.29. The van der Waals surface area contributed by atoms with Crippen molar-refractivity contribution in [2.24, 2.45) is 0 Å². The van der Waals surface area contributed by atoms with E-state index in [9.17, 15) is 0 Å². The lowest BCUT2D eigenvalue weighted by atomic mass is 10.2. The molecule has 2 N–H and O–H groups in total. The van der Waals surface area contributed by atoms with Crippen molar-refractivity contribution in [1.29, 1.82) is 0 Å². The minimum atomic E-state index is 0.483. The van der Waals surface area contributed by atoms with E-state index in [1.807, 2.05) is 13.1 Å². The average molecular weight is 238 g/mol. The largest absolute Gasteiger partial charge is 0.379 e. The van der Waals surface area contributed by atoms with Crippen LogP contribution in [0.1, 0.15) is 18.4 Å². The molecule has 1 unspecified atom stereocenters. The fourth-order valence-electron chi connectivity index (χ4n) is 2.08. The summed E-state index contributed by atoms with van der Waals surface area (Å²) in [6.45, 7) is 9.96. The molecule has 1 saturated heterocycles. The first-order chi connectivity index (χ1) is 8.24. The molecular formula is C12H22N4O. The number of rotatable bonds is 5. The third kappa shape index (κ3) is 4.11. The van der Waals surface area contributed by atoms with E-state index in [-0.39, 0.29) is 0 Å². The number of aromatic amines is 1. The maximum Gasteiger partial charge on any atom is 0.103 e. The van der Waals surface area contributed by atoms with Crippen molar-refractivity contribution in [2.45, 2.75) is 26.4 Å². The number of hydrogen-bond acceptors (Lipinski definition) is 4. The second-order valence-corrected chi connectivity index (χ2v) is 4.69. The predicted molar refractivity (Wildman–Crippen MR) is 66.9 cm³/mol. The van der Waals surface area contributed by atoms with Crippen LogP contribution in [-0.4, -0.2) is 53.8 Å². The van der Waals surface area contributed by atoms with Crippen molar-refractivity contribution in [3.63, 3.8) is 0 Å². The Kier molecular flexibility index (Phi) is 4.53. The molecule has 17 heavy (non-hydrogen) atoms. The van der Waals surface area contributed by atoms with Gasteiger partial charge < -0.3 is 15.0 Å². The maximum atomic E-state index is 5.34. The summed E-state index contributed by atoms with van der Waals surface area (Å²) in [5.41, 5.74) is 1.15. The third-order valence-electron chi connectivity index (χ3n) is 3.03. The molecule has 0 aliphatic carbocycles. The standard InChI is InChI=1S/C12H22N4O/c1-10(9-16-3-5-17-6-4-16)13-7-12-8-14-11(2)15-12/h8,10,13H,3-7,9H2,1-2H3,(H,14,15). The smallest absolute Gasteiger partial charge is 0.103 e. The summed E-state index contributed by atoms with van der Waals surface area (Å²) in [6.07, 6.45) is 1.89. The quantitative estimate of drug-likeness (QED) is 0.785. The fraction of sp³-hybridized carbons (Fsp3) is 0.750. The van der Waals surface area contributed by atoms with Gasteiger partial charge in [0, 0.05) is 44.1 Å². The van der Waals surface area contributed by atoms with Gasteiger partial charge in [0.05, 0.1) is 13.2 Å². The molecule has 1 fully saturated rings. The Hall–Kier alpha value is -0.910. The van der Waals surface area contributed by atoms with Gasteiger partial charge in [0.1, 0.15) is 5.82 Å². The third-order valence-corrected chi connectivity index (χ3v) is 3.03. The lowest BCUT2D eigenvalue weighted by Crippen LogP contribution is -2.44. The number of nitrogens with zero attached hydrogens (tertiary/aromatic N) is 2. The second-order valence-electron chi connectivity index (χ2n) is 4.69. The summed E-state index contributed by atoms with van der Waals surface area (Å²) in [7, 11) is 0. The average Bonchev–Trinajstić information content (AvgIpc) is 2.74. The number of imidazole rings is 1. The SMILES string of the molecule is Cc1ncc(CNC(C)CN2CCOCC2)[nH]1. The van der Waals surface area contributed by atoms with Crippen LogP contribution < -0.4 is 5.32 Å². The Morgan fingerprint density at radius 1 is 1.53 bits per heavy atom. The van der Waals surface area contributed by atoms with Crippen molar-refractivity contribution in [3.05, 3.63) is 17.7 Å². The summed E-state index contributed by atoms with van der Waals surface area (Å²) < 4.78 is 5.34. The first-order valence-corrected chi connectivity index (χ1v) is 6.28. The van der Waals surface area contributed by atoms with Crippen LogP contribution in [0.15, 0.2) is 6.20 Å². The highest BCUT2D eigenvalue weighted by Gasteiger charge is 2.13. The van der Waals surface area contributed by atoms with Gasteiger partial charge in [0.15, 0.2) is 0 Å². The number of ether oxygens (including phenoxy) is 1.